The number of aromatic nitrogens is 2. The summed E-state index contributed by atoms with van der Waals surface area (Å²) >= 11 is 0. The summed E-state index contributed by atoms with van der Waals surface area (Å²) in [6.07, 6.45) is 3.31. The van der Waals surface area contributed by atoms with Crippen LogP contribution in [0.2, 0.25) is 0 Å². The maximum Gasteiger partial charge on any atom is 0.317 e. The van der Waals surface area contributed by atoms with E-state index in [0.29, 0.717) is 42.1 Å². The summed E-state index contributed by atoms with van der Waals surface area (Å²) in [5, 5.41) is 30.2. The molecule has 0 atom stereocenters. The molecule has 0 unspecified atom stereocenters. The Labute approximate surface area is 187 Å². The van der Waals surface area contributed by atoms with Gasteiger partial charge in [-0.05, 0) is 38.8 Å². The molecule has 0 bridgehead atoms. The molecule has 0 aliphatic heterocycles. The van der Waals surface area contributed by atoms with E-state index in [-0.39, 0.29) is 37.9 Å². The fourth-order valence-corrected chi connectivity index (χ4v) is 3.34. The predicted octanol–water partition coefficient (Wildman–Crippen LogP) is 1.64. The van der Waals surface area contributed by atoms with Crippen molar-refractivity contribution in [2.24, 2.45) is 0 Å². The minimum atomic E-state index is -0.998. The summed E-state index contributed by atoms with van der Waals surface area (Å²) < 4.78 is 4.93. The molecule has 174 valence electrons. The summed E-state index contributed by atoms with van der Waals surface area (Å²) in [7, 11) is 0. The number of carbonyl (C=O) groups excluding carboxylic acids is 1. The lowest BCUT2D eigenvalue weighted by molar-refractivity contribution is -0.138. The molecule has 10 heteroatoms. The average molecular weight is 447 g/mol. The van der Waals surface area contributed by atoms with Gasteiger partial charge in [-0.2, -0.15) is 0 Å². The van der Waals surface area contributed by atoms with E-state index in [4.69, 9.17) is 4.74 Å². The molecule has 0 saturated carbocycles. The minimum absolute atomic E-state index is 0.0245. The first kappa shape index (κ1) is 25.0. The molecule has 3 N–H and O–H groups in total. The van der Waals surface area contributed by atoms with Gasteiger partial charge in [0.25, 0.3) is 6.47 Å². The molecule has 0 aliphatic rings. The van der Waals surface area contributed by atoms with Gasteiger partial charge < -0.3 is 20.1 Å². The number of aryl methyl sites for hydroxylation is 4. The highest BCUT2D eigenvalue weighted by Crippen LogP contribution is 2.26. The van der Waals surface area contributed by atoms with Gasteiger partial charge in [-0.15, -0.1) is 0 Å². The van der Waals surface area contributed by atoms with Crippen LogP contribution in [0.3, 0.4) is 0 Å². The third-order valence-corrected chi connectivity index (χ3v) is 5.29. The van der Waals surface area contributed by atoms with E-state index in [0.717, 1.165) is 11.1 Å². The van der Waals surface area contributed by atoms with Crippen molar-refractivity contribution in [2.75, 3.05) is 26.4 Å². The van der Waals surface area contributed by atoms with Gasteiger partial charge in [-0.3, -0.25) is 29.4 Å². The van der Waals surface area contributed by atoms with Crippen LogP contribution in [0.15, 0.2) is 12.4 Å². The highest BCUT2D eigenvalue weighted by atomic mass is 16.5. The van der Waals surface area contributed by atoms with Gasteiger partial charge in [0.05, 0.1) is 17.9 Å². The number of aromatic hydroxyl groups is 2. The fourth-order valence-electron chi connectivity index (χ4n) is 3.34. The van der Waals surface area contributed by atoms with E-state index in [1.165, 1.54) is 0 Å². The Morgan fingerprint density at radius 2 is 1.41 bits per heavy atom. The minimum Gasteiger partial charge on any atom is -0.506 e. The average Bonchev–Trinajstić information content (AvgIpc) is 2.74. The molecule has 0 spiro atoms. The summed E-state index contributed by atoms with van der Waals surface area (Å²) in [5.41, 5.74) is 3.80. The van der Waals surface area contributed by atoms with Crippen molar-refractivity contribution < 1.29 is 29.6 Å². The zero-order valence-electron chi connectivity index (χ0n) is 18.8. The monoisotopic (exact) mass is 446 g/mol. The molecular weight excluding hydrogens is 416 g/mol. The van der Waals surface area contributed by atoms with Crippen molar-refractivity contribution in [3.63, 3.8) is 0 Å². The van der Waals surface area contributed by atoms with Gasteiger partial charge in [0.2, 0.25) is 0 Å². The van der Waals surface area contributed by atoms with Gasteiger partial charge >= 0.3 is 5.97 Å². The molecule has 0 aromatic carbocycles. The standard InChI is InChI=1S/C22H30N4O6/c1-14-7-23-16(3)21(30)18(14)9-25(11-20(28)29)5-6-26(12-32-13-27)10-19-15(2)8-24-17(4)22(19)31/h7-8,13,30-31H,5-6,9-12H2,1-4H3,(H,28,29). The second-order valence-electron chi connectivity index (χ2n) is 7.76. The third-order valence-electron chi connectivity index (χ3n) is 5.29. The maximum atomic E-state index is 11.4. The van der Waals surface area contributed by atoms with E-state index < -0.39 is 5.97 Å². The van der Waals surface area contributed by atoms with Crippen LogP contribution >= 0.6 is 0 Å². The lowest BCUT2D eigenvalue weighted by Crippen LogP contribution is -2.38. The summed E-state index contributed by atoms with van der Waals surface area (Å²) in [4.78, 5) is 33.9. The van der Waals surface area contributed by atoms with Crippen molar-refractivity contribution >= 4 is 12.4 Å². The van der Waals surface area contributed by atoms with Crippen LogP contribution in [0.4, 0.5) is 0 Å². The number of pyridine rings is 2. The Morgan fingerprint density at radius 3 is 1.88 bits per heavy atom. The lowest BCUT2D eigenvalue weighted by Gasteiger charge is -2.27. The van der Waals surface area contributed by atoms with Crippen LogP contribution in [-0.2, 0) is 27.4 Å². The Balaban J connectivity index is 2.20. The van der Waals surface area contributed by atoms with Gasteiger partial charge in [0.15, 0.2) is 0 Å². The zero-order chi connectivity index (χ0) is 23.8. The number of aliphatic carboxylic acids is 1. The van der Waals surface area contributed by atoms with Crippen LogP contribution in [0.25, 0.3) is 0 Å². The van der Waals surface area contributed by atoms with Gasteiger partial charge in [-0.1, -0.05) is 0 Å². The largest absolute Gasteiger partial charge is 0.506 e. The van der Waals surface area contributed by atoms with E-state index in [2.05, 4.69) is 9.97 Å². The normalized spacial score (nSPS) is 11.2. The molecule has 32 heavy (non-hydrogen) atoms. The number of ether oxygens (including phenoxy) is 1. The van der Waals surface area contributed by atoms with E-state index in [9.17, 15) is 24.9 Å². The SMILES string of the molecule is Cc1cnc(C)c(O)c1CN(CCN(CC(=O)O)Cc1c(C)cnc(C)c1O)COC=O. The molecule has 10 nitrogen and oxygen atoms in total. The highest BCUT2D eigenvalue weighted by Gasteiger charge is 2.19. The molecule has 0 fully saturated rings. The molecule has 2 rings (SSSR count). The van der Waals surface area contributed by atoms with Crippen molar-refractivity contribution in [3.8, 4) is 11.5 Å². The Bertz CT molecular complexity index is 966. The summed E-state index contributed by atoms with van der Waals surface area (Å²) in [6, 6.07) is 0. The van der Waals surface area contributed by atoms with Gasteiger partial charge in [0.1, 0.15) is 18.2 Å². The van der Waals surface area contributed by atoms with Crippen molar-refractivity contribution in [1.82, 2.24) is 19.8 Å². The molecule has 2 aromatic rings. The Morgan fingerprint density at radius 1 is 0.938 bits per heavy atom. The molecule has 2 aromatic heterocycles. The maximum absolute atomic E-state index is 11.4. The van der Waals surface area contributed by atoms with Crippen LogP contribution in [0.1, 0.15) is 33.6 Å². The first-order valence-corrected chi connectivity index (χ1v) is 10.1. The number of carbonyl (C=O) groups is 2. The molecule has 0 saturated heterocycles. The number of hydrogen-bond donors (Lipinski definition) is 3. The van der Waals surface area contributed by atoms with Crippen molar-refractivity contribution in [3.05, 3.63) is 46.0 Å². The zero-order valence-corrected chi connectivity index (χ0v) is 18.8. The topological polar surface area (TPSA) is 136 Å². The van der Waals surface area contributed by atoms with Crippen LogP contribution in [0.5, 0.6) is 11.5 Å². The predicted molar refractivity (Wildman–Crippen MR) is 116 cm³/mol. The van der Waals surface area contributed by atoms with E-state index >= 15 is 0 Å². The first-order chi connectivity index (χ1) is 15.1. The molecule has 2 heterocycles. The Kier molecular flexibility index (Phi) is 8.91. The van der Waals surface area contributed by atoms with Gasteiger partial charge in [0, 0.05) is 49.7 Å². The van der Waals surface area contributed by atoms with Crippen LogP contribution in [-0.4, -0.2) is 73.9 Å². The van der Waals surface area contributed by atoms with E-state index in [1.807, 2.05) is 13.8 Å². The summed E-state index contributed by atoms with van der Waals surface area (Å²) in [5.74, 6) is -0.868. The highest BCUT2D eigenvalue weighted by molar-refractivity contribution is 5.69. The number of nitrogens with zero attached hydrogens (tertiary/aromatic N) is 4. The fraction of sp³-hybridized carbons (Fsp3) is 0.455. The second kappa shape index (κ2) is 11.4. The van der Waals surface area contributed by atoms with Crippen molar-refractivity contribution in [1.29, 1.82) is 0 Å². The van der Waals surface area contributed by atoms with Gasteiger partial charge in [-0.25, -0.2) is 0 Å². The van der Waals surface area contributed by atoms with E-state index in [1.54, 1.807) is 36.0 Å². The third kappa shape index (κ3) is 6.63. The van der Waals surface area contributed by atoms with Crippen LogP contribution < -0.4 is 0 Å². The number of rotatable bonds is 12. The van der Waals surface area contributed by atoms with Crippen molar-refractivity contribution in [2.45, 2.75) is 40.8 Å². The smallest absolute Gasteiger partial charge is 0.317 e. The lowest BCUT2D eigenvalue weighted by atomic mass is 10.1. The number of carboxylic acid groups (broad SMARTS) is 1. The summed E-state index contributed by atoms with van der Waals surface area (Å²) in [6.45, 7) is 8.27. The first-order valence-electron chi connectivity index (χ1n) is 10.1. The molecule has 0 amide bonds. The quantitative estimate of drug-likeness (QED) is 0.326. The number of hydrogen-bond acceptors (Lipinski definition) is 9. The van der Waals surface area contributed by atoms with Crippen LogP contribution in [0, 0.1) is 27.7 Å². The molecule has 0 radical (unpaired) electrons. The molecule has 0 aliphatic carbocycles. The second-order valence-corrected chi connectivity index (χ2v) is 7.76. The number of carboxylic acids is 1. The Hall–Kier alpha value is -3.24. The molecular formula is C22H30N4O6.